The Labute approximate surface area is 107 Å². The molecule has 0 aliphatic rings. The summed E-state index contributed by atoms with van der Waals surface area (Å²) in [6.45, 7) is 13.6. The van der Waals surface area contributed by atoms with Crippen molar-refractivity contribution in [1.29, 1.82) is 0 Å². The van der Waals surface area contributed by atoms with Gasteiger partial charge in [-0.2, -0.15) is 0 Å². The highest BCUT2D eigenvalue weighted by Gasteiger charge is 2.28. The maximum absolute atomic E-state index is 3.45. The van der Waals surface area contributed by atoms with Crippen LogP contribution < -0.4 is 4.90 Å². The standard InChI is InChI=1S/C16H26N/c1-15(2,3)12-10-9-11-13(17(7)8)14(12)16(4,5)6/h9,11H,1-8H3. The Bertz CT molecular complexity index is 389. The number of hydrogen-bond donors (Lipinski definition) is 0. The Kier molecular flexibility index (Phi) is 3.61. The van der Waals surface area contributed by atoms with Gasteiger partial charge >= 0.3 is 0 Å². The van der Waals surface area contributed by atoms with Crippen LogP contribution in [0.15, 0.2) is 12.1 Å². The molecule has 0 aliphatic heterocycles. The summed E-state index contributed by atoms with van der Waals surface area (Å²) in [4.78, 5) is 2.20. The highest BCUT2D eigenvalue weighted by Crippen LogP contribution is 2.39. The van der Waals surface area contributed by atoms with Crippen LogP contribution in [0.25, 0.3) is 0 Å². The van der Waals surface area contributed by atoms with Gasteiger partial charge in [0.2, 0.25) is 0 Å². The van der Waals surface area contributed by atoms with Crippen molar-refractivity contribution < 1.29 is 0 Å². The molecule has 0 aliphatic carbocycles. The van der Waals surface area contributed by atoms with Gasteiger partial charge < -0.3 is 4.90 Å². The second kappa shape index (κ2) is 4.36. The van der Waals surface area contributed by atoms with Crippen LogP contribution in [0.5, 0.6) is 0 Å². The molecule has 0 atom stereocenters. The fourth-order valence-electron chi connectivity index (χ4n) is 2.21. The number of nitrogens with zero attached hydrogens (tertiary/aromatic N) is 1. The summed E-state index contributed by atoms with van der Waals surface area (Å²) in [7, 11) is 4.22. The molecule has 0 saturated heterocycles. The van der Waals surface area contributed by atoms with Gasteiger partial charge in [-0.15, -0.1) is 0 Å². The zero-order valence-electron chi connectivity index (χ0n) is 12.6. The monoisotopic (exact) mass is 232 g/mol. The van der Waals surface area contributed by atoms with E-state index >= 15 is 0 Å². The van der Waals surface area contributed by atoms with Crippen molar-refractivity contribution in [3.63, 3.8) is 0 Å². The van der Waals surface area contributed by atoms with Crippen molar-refractivity contribution in [3.8, 4) is 0 Å². The molecule has 0 saturated carbocycles. The molecule has 1 rings (SSSR count). The highest BCUT2D eigenvalue weighted by molar-refractivity contribution is 5.60. The average molecular weight is 232 g/mol. The molecule has 0 fully saturated rings. The summed E-state index contributed by atoms with van der Waals surface area (Å²) in [5, 5.41) is 0. The lowest BCUT2D eigenvalue weighted by atomic mass is 9.74. The number of benzene rings is 1. The molecule has 1 nitrogen and oxygen atoms in total. The van der Waals surface area contributed by atoms with Crippen LogP contribution in [0.1, 0.15) is 52.7 Å². The molecule has 1 heteroatoms. The van der Waals surface area contributed by atoms with Gasteiger partial charge in [0.25, 0.3) is 0 Å². The fraction of sp³-hybridized carbons (Fsp3) is 0.625. The van der Waals surface area contributed by atoms with Gasteiger partial charge in [0.05, 0.1) is 0 Å². The molecule has 1 radical (unpaired) electrons. The first-order valence-electron chi connectivity index (χ1n) is 6.28. The van der Waals surface area contributed by atoms with Gasteiger partial charge in [0.1, 0.15) is 0 Å². The number of anilines is 1. The topological polar surface area (TPSA) is 3.24 Å². The molecule has 0 unspecified atom stereocenters. The quantitative estimate of drug-likeness (QED) is 0.703. The van der Waals surface area contributed by atoms with Gasteiger partial charge in [-0.25, -0.2) is 0 Å². The molecule has 0 aromatic heterocycles. The van der Waals surface area contributed by atoms with E-state index in [1.54, 1.807) is 0 Å². The lowest BCUT2D eigenvalue weighted by molar-refractivity contribution is 0.529. The van der Waals surface area contributed by atoms with Crippen LogP contribution >= 0.6 is 0 Å². The van der Waals surface area contributed by atoms with Gasteiger partial charge in [0.15, 0.2) is 0 Å². The number of hydrogen-bond acceptors (Lipinski definition) is 1. The predicted octanol–water partition coefficient (Wildman–Crippen LogP) is 4.15. The summed E-state index contributed by atoms with van der Waals surface area (Å²) in [6.07, 6.45) is 0. The van der Waals surface area contributed by atoms with Crippen LogP contribution in [0, 0.1) is 6.07 Å². The predicted molar refractivity (Wildman–Crippen MR) is 77.0 cm³/mol. The van der Waals surface area contributed by atoms with E-state index in [2.05, 4.69) is 72.7 Å². The zero-order chi connectivity index (χ0) is 13.4. The minimum absolute atomic E-state index is 0.134. The molecule has 1 aromatic carbocycles. The third kappa shape index (κ3) is 3.02. The first-order valence-corrected chi connectivity index (χ1v) is 6.28. The van der Waals surface area contributed by atoms with E-state index in [9.17, 15) is 0 Å². The second-order valence-corrected chi connectivity index (χ2v) is 7.01. The van der Waals surface area contributed by atoms with Gasteiger partial charge in [-0.3, -0.25) is 0 Å². The lowest BCUT2D eigenvalue weighted by Crippen LogP contribution is -2.26. The van der Waals surface area contributed by atoms with Crippen LogP contribution in [0.4, 0.5) is 5.69 Å². The highest BCUT2D eigenvalue weighted by atomic mass is 15.1. The Morgan fingerprint density at radius 3 is 1.82 bits per heavy atom. The van der Waals surface area contributed by atoms with E-state index in [-0.39, 0.29) is 10.8 Å². The Morgan fingerprint density at radius 2 is 1.47 bits per heavy atom. The minimum Gasteiger partial charge on any atom is -0.377 e. The maximum Gasteiger partial charge on any atom is 0.0402 e. The molecule has 0 bridgehead atoms. The van der Waals surface area contributed by atoms with Crippen molar-refractivity contribution in [2.75, 3.05) is 19.0 Å². The van der Waals surface area contributed by atoms with Gasteiger partial charge in [-0.1, -0.05) is 47.6 Å². The maximum atomic E-state index is 3.45. The molecular formula is C16H26N. The number of rotatable bonds is 1. The van der Waals surface area contributed by atoms with Gasteiger partial charge in [0, 0.05) is 19.8 Å². The van der Waals surface area contributed by atoms with Crippen LogP contribution in [-0.2, 0) is 10.8 Å². The smallest absolute Gasteiger partial charge is 0.0402 e. The first kappa shape index (κ1) is 14.1. The molecule has 0 heterocycles. The largest absolute Gasteiger partial charge is 0.377 e. The summed E-state index contributed by atoms with van der Waals surface area (Å²) in [6, 6.07) is 7.66. The summed E-state index contributed by atoms with van der Waals surface area (Å²) >= 11 is 0. The second-order valence-electron chi connectivity index (χ2n) is 7.01. The van der Waals surface area contributed by atoms with Crippen molar-refractivity contribution in [2.24, 2.45) is 0 Å². The lowest BCUT2D eigenvalue weighted by Gasteiger charge is -2.33. The third-order valence-corrected chi connectivity index (χ3v) is 2.96. The normalized spacial score (nSPS) is 12.7. The van der Waals surface area contributed by atoms with Crippen molar-refractivity contribution in [1.82, 2.24) is 0 Å². The molecule has 0 N–H and O–H groups in total. The van der Waals surface area contributed by atoms with Crippen LogP contribution in [0.2, 0.25) is 0 Å². The van der Waals surface area contributed by atoms with E-state index in [1.807, 2.05) is 6.07 Å². The molecule has 1 aromatic rings. The van der Waals surface area contributed by atoms with Crippen LogP contribution in [-0.4, -0.2) is 14.1 Å². The van der Waals surface area contributed by atoms with E-state index in [0.717, 1.165) is 0 Å². The Balaban J connectivity index is 3.58. The van der Waals surface area contributed by atoms with E-state index in [4.69, 9.17) is 0 Å². The molecule has 17 heavy (non-hydrogen) atoms. The molecular weight excluding hydrogens is 206 g/mol. The van der Waals surface area contributed by atoms with Crippen molar-refractivity contribution in [3.05, 3.63) is 29.3 Å². The molecule has 0 spiro atoms. The van der Waals surface area contributed by atoms with E-state index in [0.29, 0.717) is 0 Å². The zero-order valence-corrected chi connectivity index (χ0v) is 12.6. The van der Waals surface area contributed by atoms with Crippen LogP contribution in [0.3, 0.4) is 0 Å². The molecule has 0 amide bonds. The van der Waals surface area contributed by atoms with E-state index in [1.165, 1.54) is 16.8 Å². The summed E-state index contributed by atoms with van der Waals surface area (Å²) < 4.78 is 0. The summed E-state index contributed by atoms with van der Waals surface area (Å²) in [5.41, 5.74) is 4.32. The Morgan fingerprint density at radius 1 is 0.941 bits per heavy atom. The molecule has 95 valence electrons. The van der Waals surface area contributed by atoms with Gasteiger partial charge in [-0.05, 0) is 34.1 Å². The summed E-state index contributed by atoms with van der Waals surface area (Å²) in [5.74, 6) is 0. The van der Waals surface area contributed by atoms with Crippen molar-refractivity contribution in [2.45, 2.75) is 52.4 Å². The SMILES string of the molecule is CN(C)c1cc[c]c(C(C)(C)C)c1C(C)(C)C. The first-order chi connectivity index (χ1) is 7.55. The Hall–Kier alpha value is -0.980. The third-order valence-electron chi connectivity index (χ3n) is 2.96. The minimum atomic E-state index is 0.134. The van der Waals surface area contributed by atoms with E-state index < -0.39 is 0 Å². The van der Waals surface area contributed by atoms with Crippen molar-refractivity contribution >= 4 is 5.69 Å². The fourth-order valence-corrected chi connectivity index (χ4v) is 2.21. The average Bonchev–Trinajstić information content (AvgIpc) is 2.13.